The number of para-hydroxylation sites is 1. The van der Waals surface area contributed by atoms with E-state index in [0.29, 0.717) is 12.1 Å². The molecule has 0 radical (unpaired) electrons. The van der Waals surface area contributed by atoms with Gasteiger partial charge in [-0.2, -0.15) is 27.0 Å². The number of rotatable bonds is 4. The van der Waals surface area contributed by atoms with Gasteiger partial charge < -0.3 is 4.98 Å². The zero-order valence-electron chi connectivity index (χ0n) is 16.5. The van der Waals surface area contributed by atoms with Crippen LogP contribution in [-0.4, -0.2) is 47.5 Å². The van der Waals surface area contributed by atoms with E-state index in [2.05, 4.69) is 15.4 Å². The normalized spacial score (nSPS) is 22.2. The molecule has 3 heterocycles. The fourth-order valence-electron chi connectivity index (χ4n) is 3.95. The molecule has 0 bridgehead atoms. The highest BCUT2D eigenvalue weighted by molar-refractivity contribution is 7.92. The average molecular weight is 465 g/mol. The van der Waals surface area contributed by atoms with E-state index in [4.69, 9.17) is 0 Å². The second kappa shape index (κ2) is 7.05. The van der Waals surface area contributed by atoms with E-state index in [1.807, 2.05) is 0 Å². The Morgan fingerprint density at radius 3 is 2.48 bits per heavy atom. The van der Waals surface area contributed by atoms with Gasteiger partial charge >= 0.3 is 12.1 Å². The molecule has 0 saturated heterocycles. The number of nitrogens with one attached hydrogen (secondary N) is 2. The summed E-state index contributed by atoms with van der Waals surface area (Å²) in [5.41, 5.74) is 4.18. The number of benzene rings is 1. The van der Waals surface area contributed by atoms with Crippen molar-refractivity contribution in [2.24, 2.45) is 0 Å². The number of imidazole rings is 1. The van der Waals surface area contributed by atoms with Crippen LogP contribution in [0, 0.1) is 0 Å². The first-order valence-electron chi connectivity index (χ1n) is 9.55. The molecule has 2 aromatic rings. The lowest BCUT2D eigenvalue weighted by atomic mass is 10.1. The SMILES string of the molecule is CCS(=O)(=O)N1c2ccccc2CC1N1Nc2nc(C(F)(F)C(F)(F)F)[nH]c2CC1C. The lowest BCUT2D eigenvalue weighted by Gasteiger charge is -2.41. The molecule has 13 heteroatoms. The van der Waals surface area contributed by atoms with Crippen LogP contribution in [0.25, 0.3) is 0 Å². The van der Waals surface area contributed by atoms with Crippen molar-refractivity contribution in [2.45, 2.75) is 51.0 Å². The molecule has 0 aliphatic carbocycles. The van der Waals surface area contributed by atoms with Crippen molar-refractivity contribution in [2.75, 3.05) is 15.5 Å². The Balaban J connectivity index is 1.70. The molecule has 2 atom stereocenters. The number of hydrogen-bond acceptors (Lipinski definition) is 5. The number of nitrogens with zero attached hydrogens (tertiary/aromatic N) is 3. The number of halogens is 5. The van der Waals surface area contributed by atoms with E-state index in [1.165, 1.54) is 11.2 Å². The minimum atomic E-state index is -5.79. The largest absolute Gasteiger partial charge is 0.461 e. The summed E-state index contributed by atoms with van der Waals surface area (Å²) in [5.74, 6) is -6.97. The van der Waals surface area contributed by atoms with Crippen LogP contribution in [0.3, 0.4) is 0 Å². The number of aromatic amines is 1. The van der Waals surface area contributed by atoms with Crippen LogP contribution in [0.1, 0.15) is 30.9 Å². The molecule has 7 nitrogen and oxygen atoms in total. The van der Waals surface area contributed by atoms with Crippen molar-refractivity contribution in [3.63, 3.8) is 0 Å². The fourth-order valence-corrected chi connectivity index (χ4v) is 5.25. The molecule has 1 aromatic heterocycles. The van der Waals surface area contributed by atoms with Gasteiger partial charge in [0.2, 0.25) is 10.0 Å². The fraction of sp³-hybridized carbons (Fsp3) is 0.500. The van der Waals surface area contributed by atoms with E-state index >= 15 is 0 Å². The summed E-state index contributed by atoms with van der Waals surface area (Å²) in [7, 11) is -3.69. The molecule has 2 N–H and O–H groups in total. The van der Waals surface area contributed by atoms with Gasteiger partial charge in [0.05, 0.1) is 17.1 Å². The number of anilines is 2. The van der Waals surface area contributed by atoms with E-state index in [9.17, 15) is 30.4 Å². The third-order valence-electron chi connectivity index (χ3n) is 5.53. The van der Waals surface area contributed by atoms with Gasteiger partial charge in [-0.15, -0.1) is 0 Å². The van der Waals surface area contributed by atoms with Gasteiger partial charge in [-0.3, -0.25) is 9.73 Å². The Kier molecular flexibility index (Phi) is 4.96. The number of alkyl halides is 5. The standard InChI is InChI=1S/C18H20F5N5O2S/c1-3-31(29,30)28-13-7-5-4-6-11(13)9-14(28)27-10(2)8-12-15(26-27)25-16(24-12)17(19,20)18(21,22)23/h4-7,10,14,26H,3,8-9H2,1-2H3,(H,24,25). The molecule has 0 saturated carbocycles. The molecule has 170 valence electrons. The van der Waals surface area contributed by atoms with Gasteiger partial charge in [0.25, 0.3) is 0 Å². The third-order valence-corrected chi connectivity index (χ3v) is 7.30. The molecule has 0 fully saturated rings. The smallest absolute Gasteiger partial charge is 0.339 e. The molecule has 2 aliphatic heterocycles. The summed E-state index contributed by atoms with van der Waals surface area (Å²) < 4.78 is 92.7. The van der Waals surface area contributed by atoms with Gasteiger partial charge in [0, 0.05) is 18.9 Å². The van der Waals surface area contributed by atoms with Crippen LogP contribution in [0.4, 0.5) is 33.5 Å². The highest BCUT2D eigenvalue weighted by atomic mass is 32.2. The number of aromatic nitrogens is 2. The molecular formula is C18H20F5N5O2S. The zero-order valence-corrected chi connectivity index (χ0v) is 17.4. The first-order chi connectivity index (χ1) is 14.4. The van der Waals surface area contributed by atoms with E-state index in [0.717, 1.165) is 5.56 Å². The molecule has 2 aliphatic rings. The number of fused-ring (bicyclic) bond motifs is 2. The van der Waals surface area contributed by atoms with E-state index < -0.39 is 40.2 Å². The number of hydrazine groups is 1. The maximum absolute atomic E-state index is 13.7. The summed E-state index contributed by atoms with van der Waals surface area (Å²) >= 11 is 0. The highest BCUT2D eigenvalue weighted by Gasteiger charge is 2.61. The summed E-state index contributed by atoms with van der Waals surface area (Å²) in [4.78, 5) is 5.54. The Morgan fingerprint density at radius 1 is 1.16 bits per heavy atom. The maximum Gasteiger partial charge on any atom is 0.461 e. The topological polar surface area (TPSA) is 81.3 Å². The predicted molar refractivity (Wildman–Crippen MR) is 103 cm³/mol. The Bertz CT molecular complexity index is 1100. The van der Waals surface area contributed by atoms with Crippen LogP contribution in [0.2, 0.25) is 0 Å². The minimum absolute atomic E-state index is 0.0795. The van der Waals surface area contributed by atoms with Crippen molar-refractivity contribution >= 4 is 21.5 Å². The summed E-state index contributed by atoms with van der Waals surface area (Å²) in [5, 5.41) is 1.55. The van der Waals surface area contributed by atoms with Gasteiger partial charge in [-0.25, -0.2) is 13.4 Å². The molecule has 0 spiro atoms. The third kappa shape index (κ3) is 3.43. The second-order valence-corrected chi connectivity index (χ2v) is 9.70. The lowest BCUT2D eigenvalue weighted by molar-refractivity contribution is -0.292. The zero-order chi connectivity index (χ0) is 22.8. The van der Waals surface area contributed by atoms with Gasteiger partial charge in [-0.05, 0) is 25.5 Å². The summed E-state index contributed by atoms with van der Waals surface area (Å²) in [6.45, 7) is 3.23. The average Bonchev–Trinajstić information content (AvgIpc) is 3.27. The number of hydrogen-bond donors (Lipinski definition) is 2. The number of H-pyrrole nitrogens is 1. The van der Waals surface area contributed by atoms with Crippen molar-refractivity contribution in [1.29, 1.82) is 0 Å². The lowest BCUT2D eigenvalue weighted by Crippen LogP contribution is -2.57. The van der Waals surface area contributed by atoms with Crippen LogP contribution in [0.15, 0.2) is 24.3 Å². The molecule has 1 aromatic carbocycles. The first-order valence-corrected chi connectivity index (χ1v) is 11.2. The summed E-state index contributed by atoms with van der Waals surface area (Å²) in [6.07, 6.45) is -6.12. The Morgan fingerprint density at radius 2 is 1.84 bits per heavy atom. The van der Waals surface area contributed by atoms with Gasteiger partial charge in [0.1, 0.15) is 6.17 Å². The van der Waals surface area contributed by atoms with E-state index in [-0.39, 0.29) is 23.7 Å². The highest BCUT2D eigenvalue weighted by Crippen LogP contribution is 2.44. The van der Waals surface area contributed by atoms with E-state index in [1.54, 1.807) is 36.2 Å². The van der Waals surface area contributed by atoms with Crippen molar-refractivity contribution in [1.82, 2.24) is 15.0 Å². The second-order valence-electron chi connectivity index (χ2n) is 7.57. The summed E-state index contributed by atoms with van der Waals surface area (Å²) in [6, 6.07) is 6.55. The minimum Gasteiger partial charge on any atom is -0.339 e. The van der Waals surface area contributed by atoms with Gasteiger partial charge in [-0.1, -0.05) is 18.2 Å². The first kappa shape index (κ1) is 21.8. The van der Waals surface area contributed by atoms with Crippen molar-refractivity contribution in [3.8, 4) is 0 Å². The van der Waals surface area contributed by atoms with Crippen LogP contribution in [-0.2, 0) is 28.8 Å². The van der Waals surface area contributed by atoms with Crippen LogP contribution >= 0.6 is 0 Å². The number of sulfonamides is 1. The monoisotopic (exact) mass is 465 g/mol. The van der Waals surface area contributed by atoms with Crippen molar-refractivity contribution < 1.29 is 30.4 Å². The molecule has 4 rings (SSSR count). The maximum atomic E-state index is 13.7. The van der Waals surface area contributed by atoms with Crippen molar-refractivity contribution in [3.05, 3.63) is 41.3 Å². The Hall–Kier alpha value is -2.41. The quantitative estimate of drug-likeness (QED) is 0.677. The predicted octanol–water partition coefficient (Wildman–Crippen LogP) is 3.38. The Labute approximate surface area is 175 Å². The van der Waals surface area contributed by atoms with Gasteiger partial charge in [0.15, 0.2) is 11.6 Å². The molecule has 0 amide bonds. The van der Waals surface area contributed by atoms with Crippen LogP contribution < -0.4 is 9.73 Å². The van der Waals surface area contributed by atoms with Crippen LogP contribution in [0.5, 0.6) is 0 Å². The molecule has 31 heavy (non-hydrogen) atoms. The molecule has 2 unspecified atom stereocenters. The molecular weight excluding hydrogens is 445 g/mol.